The van der Waals surface area contributed by atoms with Gasteiger partial charge in [0.1, 0.15) is 0 Å². The Morgan fingerprint density at radius 3 is 2.69 bits per heavy atom. The van der Waals surface area contributed by atoms with Crippen LogP contribution < -0.4 is 0 Å². The summed E-state index contributed by atoms with van der Waals surface area (Å²) in [5.74, 6) is 1.78. The predicted octanol–water partition coefficient (Wildman–Crippen LogP) is 3.29. The summed E-state index contributed by atoms with van der Waals surface area (Å²) in [7, 11) is 0. The van der Waals surface area contributed by atoms with Gasteiger partial charge in [0.25, 0.3) is 5.24 Å². The molecule has 0 aromatic rings. The van der Waals surface area contributed by atoms with Crippen LogP contribution in [0.4, 0.5) is 4.79 Å². The van der Waals surface area contributed by atoms with Crippen molar-refractivity contribution in [3.8, 4) is 0 Å². The summed E-state index contributed by atoms with van der Waals surface area (Å²) in [6.45, 7) is 7.91. The highest BCUT2D eigenvalue weighted by atomic mass is 32.2. The van der Waals surface area contributed by atoms with E-state index in [9.17, 15) is 4.79 Å². The Kier molecular flexibility index (Phi) is 2.19. The van der Waals surface area contributed by atoms with Crippen LogP contribution in [0.5, 0.6) is 0 Å². The van der Waals surface area contributed by atoms with Gasteiger partial charge in [-0.1, -0.05) is 36.8 Å². The maximum atomic E-state index is 11.8. The number of allylic oxidation sites excluding steroid dienone is 1. The molecule has 1 aliphatic heterocycles. The molecule has 88 valence electrons. The van der Waals surface area contributed by atoms with Crippen molar-refractivity contribution in [1.29, 1.82) is 0 Å². The molecule has 3 heteroatoms. The van der Waals surface area contributed by atoms with E-state index in [-0.39, 0.29) is 0 Å². The Hall–Kier alpha value is -0.440. The third kappa shape index (κ3) is 1.24. The molecule has 0 radical (unpaired) electrons. The van der Waals surface area contributed by atoms with E-state index in [1.54, 1.807) is 5.57 Å². The average Bonchev–Trinajstić information content (AvgIpc) is 2.64. The second kappa shape index (κ2) is 3.28. The van der Waals surface area contributed by atoms with Crippen LogP contribution in [0, 0.1) is 11.3 Å². The number of carbonyl (C=O) groups is 1. The molecular weight excluding hydrogens is 218 g/mol. The summed E-state index contributed by atoms with van der Waals surface area (Å²) in [4.78, 5) is 13.9. The molecule has 1 saturated carbocycles. The second-order valence-corrected chi connectivity index (χ2v) is 6.89. The lowest BCUT2D eigenvalue weighted by atomic mass is 9.51. The minimum absolute atomic E-state index is 0.295. The molecule has 2 bridgehead atoms. The van der Waals surface area contributed by atoms with Crippen molar-refractivity contribution in [3.05, 3.63) is 11.1 Å². The van der Waals surface area contributed by atoms with Gasteiger partial charge >= 0.3 is 0 Å². The molecule has 4 aliphatic rings. The largest absolute Gasteiger partial charge is 0.326 e. The summed E-state index contributed by atoms with van der Waals surface area (Å²) in [6, 6.07) is 0.421. The van der Waals surface area contributed by atoms with Gasteiger partial charge < -0.3 is 4.90 Å². The predicted molar refractivity (Wildman–Crippen MR) is 67.6 cm³/mol. The number of thioether (sulfide) groups is 1. The molecule has 0 N–H and O–H groups in total. The molecular formula is C13H19NOS. The summed E-state index contributed by atoms with van der Waals surface area (Å²) in [5, 5.41) is 0.295. The van der Waals surface area contributed by atoms with Crippen molar-refractivity contribution in [2.24, 2.45) is 11.3 Å². The van der Waals surface area contributed by atoms with Crippen molar-refractivity contribution < 1.29 is 4.79 Å². The fourth-order valence-electron chi connectivity index (χ4n) is 3.62. The van der Waals surface area contributed by atoms with Gasteiger partial charge in [0.05, 0.1) is 6.04 Å². The fraction of sp³-hybridized carbons (Fsp3) is 0.769. The average molecular weight is 237 g/mol. The standard InChI is InChI=1S/C13H19NOS/c1-8-10-6-9(13(10,2)3)7-11(8)14-4-5-16-12(14)15/h9,11H,4-7H2,1-3H3. The zero-order chi connectivity index (χ0) is 11.5. The van der Waals surface area contributed by atoms with Gasteiger partial charge in [0.2, 0.25) is 0 Å². The molecule has 3 aliphatic carbocycles. The molecule has 2 fully saturated rings. The minimum atomic E-state index is 0.295. The molecule has 1 amide bonds. The topological polar surface area (TPSA) is 20.3 Å². The van der Waals surface area contributed by atoms with Crippen LogP contribution in [0.2, 0.25) is 0 Å². The Morgan fingerprint density at radius 2 is 2.19 bits per heavy atom. The van der Waals surface area contributed by atoms with Crippen LogP contribution in [-0.4, -0.2) is 28.5 Å². The Labute approximate surface area is 101 Å². The number of nitrogens with zero attached hydrogens (tertiary/aromatic N) is 1. The van der Waals surface area contributed by atoms with E-state index < -0.39 is 0 Å². The highest BCUT2D eigenvalue weighted by molar-refractivity contribution is 8.13. The molecule has 0 aromatic heterocycles. The van der Waals surface area contributed by atoms with E-state index in [0.29, 0.717) is 16.7 Å². The maximum absolute atomic E-state index is 11.8. The van der Waals surface area contributed by atoms with Crippen LogP contribution in [-0.2, 0) is 0 Å². The summed E-state index contributed by atoms with van der Waals surface area (Å²) in [6.07, 6.45) is 2.47. The van der Waals surface area contributed by atoms with Crippen molar-refractivity contribution in [1.82, 2.24) is 4.90 Å². The van der Waals surface area contributed by atoms with Crippen LogP contribution in [0.1, 0.15) is 33.6 Å². The van der Waals surface area contributed by atoms with Gasteiger partial charge in [0, 0.05) is 12.3 Å². The first kappa shape index (κ1) is 10.7. The molecule has 1 heterocycles. The molecule has 2 atom stereocenters. The normalized spacial score (nSPS) is 36.7. The van der Waals surface area contributed by atoms with E-state index in [4.69, 9.17) is 0 Å². The second-order valence-electron chi connectivity index (χ2n) is 5.84. The number of hydrogen-bond donors (Lipinski definition) is 0. The molecule has 2 unspecified atom stereocenters. The zero-order valence-electron chi connectivity index (χ0n) is 10.2. The number of hydrogen-bond acceptors (Lipinski definition) is 2. The van der Waals surface area contributed by atoms with E-state index in [1.165, 1.54) is 30.2 Å². The third-order valence-corrected chi connectivity index (χ3v) is 5.77. The Bertz CT molecular complexity index is 385. The van der Waals surface area contributed by atoms with Crippen LogP contribution in [0.3, 0.4) is 0 Å². The van der Waals surface area contributed by atoms with Crippen LogP contribution >= 0.6 is 11.8 Å². The minimum Gasteiger partial charge on any atom is -0.326 e. The monoisotopic (exact) mass is 237 g/mol. The smallest absolute Gasteiger partial charge is 0.282 e. The Balaban J connectivity index is 1.90. The molecule has 0 spiro atoms. The van der Waals surface area contributed by atoms with Crippen molar-refractivity contribution in [2.45, 2.75) is 39.7 Å². The number of rotatable bonds is 1. The maximum Gasteiger partial charge on any atom is 0.282 e. The molecule has 16 heavy (non-hydrogen) atoms. The van der Waals surface area contributed by atoms with E-state index in [0.717, 1.165) is 18.2 Å². The van der Waals surface area contributed by atoms with Gasteiger partial charge in [-0.25, -0.2) is 0 Å². The number of carbonyl (C=O) groups excluding carboxylic acids is 1. The summed E-state index contributed by atoms with van der Waals surface area (Å²) in [5.41, 5.74) is 3.53. The molecule has 0 aromatic carbocycles. The van der Waals surface area contributed by atoms with E-state index in [2.05, 4.69) is 25.7 Å². The SMILES string of the molecule is CC1=C2CC(CC1N1CCSC1=O)C2(C)C. The number of fused-ring (bicyclic) bond motifs is 2. The first-order valence-electron chi connectivity index (χ1n) is 6.15. The van der Waals surface area contributed by atoms with Gasteiger partial charge in [-0.15, -0.1) is 0 Å². The lowest BCUT2D eigenvalue weighted by Gasteiger charge is -2.56. The quantitative estimate of drug-likeness (QED) is 0.652. The van der Waals surface area contributed by atoms with Crippen LogP contribution in [0.25, 0.3) is 0 Å². The van der Waals surface area contributed by atoms with Gasteiger partial charge in [-0.2, -0.15) is 0 Å². The van der Waals surface area contributed by atoms with E-state index >= 15 is 0 Å². The lowest BCUT2D eigenvalue weighted by Crippen LogP contribution is -2.51. The Morgan fingerprint density at radius 1 is 1.44 bits per heavy atom. The fourth-order valence-corrected chi connectivity index (χ4v) is 4.47. The van der Waals surface area contributed by atoms with Gasteiger partial charge in [-0.3, -0.25) is 4.79 Å². The highest BCUT2D eigenvalue weighted by Crippen LogP contribution is 2.59. The first-order valence-corrected chi connectivity index (χ1v) is 7.14. The zero-order valence-corrected chi connectivity index (χ0v) is 11.1. The molecule has 1 saturated heterocycles. The van der Waals surface area contributed by atoms with Crippen molar-refractivity contribution in [2.75, 3.05) is 12.3 Å². The van der Waals surface area contributed by atoms with Crippen molar-refractivity contribution in [3.63, 3.8) is 0 Å². The van der Waals surface area contributed by atoms with Gasteiger partial charge in [0.15, 0.2) is 0 Å². The first-order chi connectivity index (χ1) is 7.51. The lowest BCUT2D eigenvalue weighted by molar-refractivity contribution is 0.0916. The third-order valence-electron chi connectivity index (χ3n) is 4.90. The summed E-state index contributed by atoms with van der Waals surface area (Å²) >= 11 is 1.48. The van der Waals surface area contributed by atoms with Gasteiger partial charge in [-0.05, 0) is 31.1 Å². The molecule has 2 nitrogen and oxygen atoms in total. The summed E-state index contributed by atoms with van der Waals surface area (Å²) < 4.78 is 0. The van der Waals surface area contributed by atoms with E-state index in [1.807, 2.05) is 0 Å². The molecule has 4 rings (SSSR count). The van der Waals surface area contributed by atoms with Crippen LogP contribution in [0.15, 0.2) is 11.1 Å². The van der Waals surface area contributed by atoms with Crippen molar-refractivity contribution >= 4 is 17.0 Å². The number of amides is 1. The highest BCUT2D eigenvalue weighted by Gasteiger charge is 2.51.